The van der Waals surface area contributed by atoms with Gasteiger partial charge in [-0.25, -0.2) is 12.8 Å². The number of halogens is 2. The number of carbonyl (C=O) groups is 1. The van der Waals surface area contributed by atoms with E-state index in [2.05, 4.69) is 15.0 Å². The van der Waals surface area contributed by atoms with Crippen LogP contribution in [0.15, 0.2) is 65.8 Å². The maximum absolute atomic E-state index is 13.0. The lowest BCUT2D eigenvalue weighted by Gasteiger charge is -2.13. The predicted octanol–water partition coefficient (Wildman–Crippen LogP) is 3.61. The molecular formula is C20H17ClFN3O4S. The van der Waals surface area contributed by atoms with E-state index in [1.165, 1.54) is 68.0 Å². The average molecular weight is 450 g/mol. The second-order valence-electron chi connectivity index (χ2n) is 6.17. The van der Waals surface area contributed by atoms with Crippen molar-refractivity contribution in [2.24, 2.45) is 0 Å². The molecule has 2 aromatic carbocycles. The molecule has 3 rings (SSSR count). The summed E-state index contributed by atoms with van der Waals surface area (Å²) in [6.45, 7) is 0.0817. The number of amides is 1. The number of aromatic nitrogens is 1. The minimum absolute atomic E-state index is 0.0817. The van der Waals surface area contributed by atoms with Crippen LogP contribution in [0.1, 0.15) is 15.9 Å². The molecule has 1 amide bonds. The summed E-state index contributed by atoms with van der Waals surface area (Å²) >= 11 is 5.98. The van der Waals surface area contributed by atoms with Crippen molar-refractivity contribution >= 4 is 33.2 Å². The molecule has 2 N–H and O–H groups in total. The Morgan fingerprint density at radius 2 is 1.87 bits per heavy atom. The molecule has 156 valence electrons. The van der Waals surface area contributed by atoms with Crippen molar-refractivity contribution < 1.29 is 22.3 Å². The van der Waals surface area contributed by atoms with Gasteiger partial charge in [-0.3, -0.25) is 14.5 Å². The van der Waals surface area contributed by atoms with E-state index in [-0.39, 0.29) is 27.7 Å². The van der Waals surface area contributed by atoms with Crippen molar-refractivity contribution in [3.8, 4) is 5.75 Å². The highest BCUT2D eigenvalue weighted by Gasteiger charge is 2.23. The number of carbonyl (C=O) groups excluding carboxylic acids is 1. The molecule has 1 aromatic heterocycles. The molecule has 0 fully saturated rings. The van der Waals surface area contributed by atoms with Crippen LogP contribution in [0.3, 0.4) is 0 Å². The minimum Gasteiger partial charge on any atom is -0.495 e. The van der Waals surface area contributed by atoms with Gasteiger partial charge in [-0.05, 0) is 35.9 Å². The van der Waals surface area contributed by atoms with E-state index < -0.39 is 21.7 Å². The number of nitrogens with zero attached hydrogens (tertiary/aromatic N) is 1. The highest BCUT2D eigenvalue weighted by Crippen LogP contribution is 2.24. The number of anilines is 1. The molecule has 0 saturated carbocycles. The predicted molar refractivity (Wildman–Crippen MR) is 111 cm³/mol. The standard InChI is InChI=1S/C20H17ClFN3O4S/c1-29-17-9-16(11-23-12-17)25-30(27,28)19-7-4-14(21)8-18(19)20(26)24-10-13-2-5-15(22)6-3-13/h2-9,11-12,25H,10H2,1H3,(H,24,26). The van der Waals surface area contributed by atoms with Crippen molar-refractivity contribution in [2.45, 2.75) is 11.4 Å². The van der Waals surface area contributed by atoms with E-state index in [1.807, 2.05) is 0 Å². The van der Waals surface area contributed by atoms with Gasteiger partial charge in [0.15, 0.2) is 0 Å². The Kier molecular flexibility index (Phi) is 6.53. The first-order chi connectivity index (χ1) is 14.3. The lowest BCUT2D eigenvalue weighted by atomic mass is 10.2. The quantitative estimate of drug-likeness (QED) is 0.574. The number of hydrogen-bond acceptors (Lipinski definition) is 5. The molecule has 0 aliphatic rings. The first-order valence-corrected chi connectivity index (χ1v) is 10.5. The largest absolute Gasteiger partial charge is 0.495 e. The van der Waals surface area contributed by atoms with E-state index in [1.54, 1.807) is 0 Å². The monoisotopic (exact) mass is 449 g/mol. The third-order valence-corrected chi connectivity index (χ3v) is 5.72. The maximum atomic E-state index is 13.0. The van der Waals surface area contributed by atoms with Gasteiger partial charge in [0.05, 0.1) is 30.8 Å². The fourth-order valence-corrected chi connectivity index (χ4v) is 3.98. The summed E-state index contributed by atoms with van der Waals surface area (Å²) in [6, 6.07) is 10.9. The fraction of sp³-hybridized carbons (Fsp3) is 0.100. The summed E-state index contributed by atoms with van der Waals surface area (Å²) < 4.78 is 46.2. The van der Waals surface area contributed by atoms with Gasteiger partial charge < -0.3 is 10.1 Å². The van der Waals surface area contributed by atoms with Crippen LogP contribution in [-0.4, -0.2) is 26.4 Å². The number of sulfonamides is 1. The van der Waals surface area contributed by atoms with Crippen LogP contribution in [0.2, 0.25) is 5.02 Å². The van der Waals surface area contributed by atoms with Gasteiger partial charge in [-0.2, -0.15) is 0 Å². The molecule has 0 bridgehead atoms. The molecule has 30 heavy (non-hydrogen) atoms. The highest BCUT2D eigenvalue weighted by molar-refractivity contribution is 7.92. The number of hydrogen-bond donors (Lipinski definition) is 2. The Labute approximate surface area is 177 Å². The number of pyridine rings is 1. The molecule has 0 unspecified atom stereocenters. The van der Waals surface area contributed by atoms with Gasteiger partial charge in [0.1, 0.15) is 16.5 Å². The number of nitrogens with one attached hydrogen (secondary N) is 2. The molecule has 1 heterocycles. The van der Waals surface area contributed by atoms with E-state index in [4.69, 9.17) is 16.3 Å². The van der Waals surface area contributed by atoms with Crippen LogP contribution < -0.4 is 14.8 Å². The van der Waals surface area contributed by atoms with E-state index in [0.717, 1.165) is 0 Å². The van der Waals surface area contributed by atoms with Crippen LogP contribution in [0, 0.1) is 5.82 Å². The smallest absolute Gasteiger partial charge is 0.262 e. The first-order valence-electron chi connectivity index (χ1n) is 8.62. The topological polar surface area (TPSA) is 97.4 Å². The molecule has 0 aliphatic carbocycles. The third kappa shape index (κ3) is 5.25. The first kappa shape index (κ1) is 21.5. The number of benzene rings is 2. The zero-order chi connectivity index (χ0) is 21.7. The Bertz CT molecular complexity index is 1170. The summed E-state index contributed by atoms with van der Waals surface area (Å²) in [5.74, 6) is -0.680. The Morgan fingerprint density at radius 3 is 2.57 bits per heavy atom. The Balaban J connectivity index is 1.86. The van der Waals surface area contributed by atoms with Crippen molar-refractivity contribution in [2.75, 3.05) is 11.8 Å². The second kappa shape index (κ2) is 9.10. The summed E-state index contributed by atoms with van der Waals surface area (Å²) in [5, 5.41) is 2.81. The van der Waals surface area contributed by atoms with Crippen molar-refractivity contribution in [3.63, 3.8) is 0 Å². The maximum Gasteiger partial charge on any atom is 0.262 e. The number of rotatable bonds is 7. The number of ether oxygens (including phenoxy) is 1. The van der Waals surface area contributed by atoms with Crippen molar-refractivity contribution in [1.29, 1.82) is 0 Å². The van der Waals surface area contributed by atoms with E-state index in [0.29, 0.717) is 11.3 Å². The van der Waals surface area contributed by atoms with Crippen molar-refractivity contribution in [3.05, 3.63) is 82.9 Å². The molecule has 7 nitrogen and oxygen atoms in total. The molecule has 0 radical (unpaired) electrons. The summed E-state index contributed by atoms with van der Waals surface area (Å²) in [5.41, 5.74) is 0.687. The van der Waals surface area contributed by atoms with Crippen LogP contribution in [0.5, 0.6) is 5.75 Å². The van der Waals surface area contributed by atoms with Crippen LogP contribution in [0.25, 0.3) is 0 Å². The fourth-order valence-electron chi connectivity index (χ4n) is 2.59. The van der Waals surface area contributed by atoms with Gasteiger partial charge in [-0.1, -0.05) is 23.7 Å². The number of methoxy groups -OCH3 is 1. The third-order valence-electron chi connectivity index (χ3n) is 4.04. The zero-order valence-corrected chi connectivity index (χ0v) is 17.3. The summed E-state index contributed by atoms with van der Waals surface area (Å²) in [7, 11) is -2.71. The van der Waals surface area contributed by atoms with Crippen LogP contribution >= 0.6 is 11.6 Å². The van der Waals surface area contributed by atoms with Gasteiger partial charge in [0.2, 0.25) is 0 Å². The van der Waals surface area contributed by atoms with Crippen molar-refractivity contribution in [1.82, 2.24) is 10.3 Å². The normalized spacial score (nSPS) is 11.0. The van der Waals surface area contributed by atoms with Gasteiger partial charge in [0.25, 0.3) is 15.9 Å². The molecule has 0 aliphatic heterocycles. The molecule has 0 spiro atoms. The molecule has 0 atom stereocenters. The highest BCUT2D eigenvalue weighted by atomic mass is 35.5. The summed E-state index contributed by atoms with van der Waals surface area (Å²) in [6.07, 6.45) is 2.73. The van der Waals surface area contributed by atoms with E-state index >= 15 is 0 Å². The Morgan fingerprint density at radius 1 is 1.13 bits per heavy atom. The molecular weight excluding hydrogens is 433 g/mol. The van der Waals surface area contributed by atoms with Gasteiger partial charge in [0, 0.05) is 17.6 Å². The minimum atomic E-state index is -4.13. The van der Waals surface area contributed by atoms with Crippen LogP contribution in [0.4, 0.5) is 10.1 Å². The van der Waals surface area contributed by atoms with Gasteiger partial charge >= 0.3 is 0 Å². The summed E-state index contributed by atoms with van der Waals surface area (Å²) in [4.78, 5) is 16.3. The molecule has 0 saturated heterocycles. The molecule has 3 aromatic rings. The zero-order valence-electron chi connectivity index (χ0n) is 15.7. The van der Waals surface area contributed by atoms with E-state index in [9.17, 15) is 17.6 Å². The second-order valence-corrected chi connectivity index (χ2v) is 8.26. The van der Waals surface area contributed by atoms with Gasteiger partial charge in [-0.15, -0.1) is 0 Å². The molecule has 10 heteroatoms. The average Bonchev–Trinajstić information content (AvgIpc) is 2.72. The Hall–Kier alpha value is -3.17. The lowest BCUT2D eigenvalue weighted by Crippen LogP contribution is -2.26. The SMILES string of the molecule is COc1cncc(NS(=O)(=O)c2ccc(Cl)cc2C(=O)NCc2ccc(F)cc2)c1. The van der Waals surface area contributed by atoms with Crippen LogP contribution in [-0.2, 0) is 16.6 Å². The lowest BCUT2D eigenvalue weighted by molar-refractivity contribution is 0.0947.